The largest absolute Gasteiger partial charge is 0.344 e. The number of hydrogen-bond acceptors (Lipinski definition) is 3. The SMILES string of the molecule is O=S1(=O)N=CNc2cc(Cl)cc(Cl)c21. The normalized spacial score (nSPS) is 17.3. The molecule has 0 fully saturated rings. The van der Waals surface area contributed by atoms with Crippen LogP contribution in [-0.4, -0.2) is 14.8 Å². The minimum Gasteiger partial charge on any atom is -0.344 e. The highest BCUT2D eigenvalue weighted by Crippen LogP contribution is 2.35. The maximum absolute atomic E-state index is 11.4. The van der Waals surface area contributed by atoms with Gasteiger partial charge >= 0.3 is 0 Å². The van der Waals surface area contributed by atoms with E-state index in [9.17, 15) is 8.42 Å². The summed E-state index contributed by atoms with van der Waals surface area (Å²) in [5, 5.41) is 3.09. The van der Waals surface area contributed by atoms with E-state index in [1.807, 2.05) is 0 Å². The number of hydrogen-bond donors (Lipinski definition) is 1. The Morgan fingerprint density at radius 2 is 2.00 bits per heavy atom. The van der Waals surface area contributed by atoms with Gasteiger partial charge in [0.1, 0.15) is 11.2 Å². The summed E-state index contributed by atoms with van der Waals surface area (Å²) in [5.41, 5.74) is 0.345. The van der Waals surface area contributed by atoms with Gasteiger partial charge in [-0.15, -0.1) is 4.40 Å². The van der Waals surface area contributed by atoms with Gasteiger partial charge in [-0.1, -0.05) is 23.2 Å². The molecule has 2 rings (SSSR count). The molecule has 1 aliphatic rings. The molecule has 0 amide bonds. The first kappa shape index (κ1) is 9.76. The van der Waals surface area contributed by atoms with Crippen molar-refractivity contribution >= 4 is 45.3 Å². The smallest absolute Gasteiger partial charge is 0.287 e. The van der Waals surface area contributed by atoms with Crippen molar-refractivity contribution in [2.24, 2.45) is 4.40 Å². The van der Waals surface area contributed by atoms with Crippen molar-refractivity contribution in [3.8, 4) is 0 Å². The molecule has 0 radical (unpaired) electrons. The lowest BCUT2D eigenvalue weighted by atomic mass is 10.3. The molecule has 0 aliphatic carbocycles. The lowest BCUT2D eigenvalue weighted by Crippen LogP contribution is -2.11. The molecule has 1 aromatic rings. The zero-order valence-corrected chi connectivity index (χ0v) is 8.99. The summed E-state index contributed by atoms with van der Waals surface area (Å²) in [6.45, 7) is 0. The van der Waals surface area contributed by atoms with Gasteiger partial charge < -0.3 is 5.32 Å². The van der Waals surface area contributed by atoms with Crippen molar-refractivity contribution in [1.29, 1.82) is 0 Å². The van der Waals surface area contributed by atoms with Crippen LogP contribution in [0.5, 0.6) is 0 Å². The lowest BCUT2D eigenvalue weighted by molar-refractivity contribution is 0.598. The van der Waals surface area contributed by atoms with Crippen molar-refractivity contribution in [2.75, 3.05) is 5.32 Å². The van der Waals surface area contributed by atoms with Gasteiger partial charge in [0.25, 0.3) is 10.0 Å². The number of sulfonamides is 1. The van der Waals surface area contributed by atoms with E-state index in [1.165, 1.54) is 12.1 Å². The van der Waals surface area contributed by atoms with Crippen LogP contribution in [0, 0.1) is 0 Å². The fourth-order valence-electron chi connectivity index (χ4n) is 1.15. The van der Waals surface area contributed by atoms with Crippen LogP contribution < -0.4 is 5.32 Å². The van der Waals surface area contributed by atoms with Gasteiger partial charge in [-0.25, -0.2) is 0 Å². The first-order valence-corrected chi connectivity index (χ1v) is 5.75. The van der Waals surface area contributed by atoms with E-state index < -0.39 is 10.0 Å². The fourth-order valence-corrected chi connectivity index (χ4v) is 2.93. The minimum absolute atomic E-state index is 0.0360. The number of benzene rings is 1. The number of anilines is 1. The molecule has 0 saturated heterocycles. The van der Waals surface area contributed by atoms with Gasteiger partial charge in [0.15, 0.2) is 0 Å². The Morgan fingerprint density at radius 1 is 1.29 bits per heavy atom. The number of nitrogens with one attached hydrogen (secondary N) is 1. The average molecular weight is 251 g/mol. The molecule has 0 bridgehead atoms. The van der Waals surface area contributed by atoms with Crippen LogP contribution in [0.2, 0.25) is 10.0 Å². The lowest BCUT2D eigenvalue weighted by Gasteiger charge is -2.13. The first-order chi connectivity index (χ1) is 6.50. The predicted octanol–water partition coefficient (Wildman–Crippen LogP) is 2.14. The van der Waals surface area contributed by atoms with E-state index >= 15 is 0 Å². The van der Waals surface area contributed by atoms with E-state index in [1.54, 1.807) is 0 Å². The molecule has 7 heteroatoms. The monoisotopic (exact) mass is 250 g/mol. The molecular weight excluding hydrogens is 247 g/mol. The Morgan fingerprint density at radius 3 is 2.71 bits per heavy atom. The fraction of sp³-hybridized carbons (Fsp3) is 0. The summed E-state index contributed by atoms with van der Waals surface area (Å²) >= 11 is 11.5. The summed E-state index contributed by atoms with van der Waals surface area (Å²) in [5.74, 6) is 0. The molecule has 74 valence electrons. The van der Waals surface area contributed by atoms with E-state index in [4.69, 9.17) is 23.2 Å². The van der Waals surface area contributed by atoms with Crippen molar-refractivity contribution in [2.45, 2.75) is 4.90 Å². The molecular formula is C7H4Cl2N2O2S. The van der Waals surface area contributed by atoms with Gasteiger partial charge in [0.2, 0.25) is 0 Å². The molecule has 0 atom stereocenters. The van der Waals surface area contributed by atoms with Crippen LogP contribution in [0.1, 0.15) is 0 Å². The highest BCUT2D eigenvalue weighted by atomic mass is 35.5. The molecule has 1 aromatic carbocycles. The van der Waals surface area contributed by atoms with Crippen molar-refractivity contribution in [1.82, 2.24) is 0 Å². The predicted molar refractivity (Wildman–Crippen MR) is 55.8 cm³/mol. The zero-order valence-electron chi connectivity index (χ0n) is 6.66. The zero-order chi connectivity index (χ0) is 10.3. The summed E-state index contributed by atoms with van der Waals surface area (Å²) in [7, 11) is -3.67. The highest BCUT2D eigenvalue weighted by Gasteiger charge is 2.24. The Hall–Kier alpha value is -0.780. The van der Waals surface area contributed by atoms with Crippen LogP contribution in [-0.2, 0) is 10.0 Å². The Balaban J connectivity index is 2.81. The topological polar surface area (TPSA) is 58.5 Å². The molecule has 4 nitrogen and oxygen atoms in total. The third-order valence-corrected chi connectivity index (χ3v) is 3.64. The molecule has 1 aliphatic heterocycles. The van der Waals surface area contributed by atoms with Gasteiger partial charge in [0.05, 0.1) is 10.7 Å². The third-order valence-electron chi connectivity index (χ3n) is 1.68. The standard InChI is InChI=1S/C7H4Cl2N2O2S/c8-4-1-5(9)7-6(2-4)10-3-11-14(7,12)13/h1-3H,(H,10,11). The Bertz CT molecular complexity index is 525. The second-order valence-electron chi connectivity index (χ2n) is 2.62. The average Bonchev–Trinajstić information content (AvgIpc) is 2.00. The number of fused-ring (bicyclic) bond motifs is 1. The maximum Gasteiger partial charge on any atom is 0.287 e. The van der Waals surface area contributed by atoms with E-state index in [-0.39, 0.29) is 9.92 Å². The molecule has 1 heterocycles. The van der Waals surface area contributed by atoms with E-state index in [2.05, 4.69) is 9.71 Å². The van der Waals surface area contributed by atoms with Gasteiger partial charge in [-0.05, 0) is 12.1 Å². The molecule has 14 heavy (non-hydrogen) atoms. The third kappa shape index (κ3) is 1.47. The molecule has 0 spiro atoms. The second-order valence-corrected chi connectivity index (χ2v) is 5.03. The molecule has 0 unspecified atom stereocenters. The van der Waals surface area contributed by atoms with E-state index in [0.717, 1.165) is 6.34 Å². The van der Waals surface area contributed by atoms with Crippen LogP contribution in [0.3, 0.4) is 0 Å². The Kier molecular flexibility index (Phi) is 2.17. The molecule has 0 saturated carbocycles. The van der Waals surface area contributed by atoms with Crippen molar-refractivity contribution in [3.63, 3.8) is 0 Å². The first-order valence-electron chi connectivity index (χ1n) is 3.55. The summed E-state index contributed by atoms with van der Waals surface area (Å²) < 4.78 is 26.2. The van der Waals surface area contributed by atoms with Crippen LogP contribution in [0.25, 0.3) is 0 Å². The Labute approximate surface area is 90.6 Å². The summed E-state index contributed by atoms with van der Waals surface area (Å²) in [6, 6.07) is 2.84. The van der Waals surface area contributed by atoms with Gasteiger partial charge in [0, 0.05) is 5.02 Å². The van der Waals surface area contributed by atoms with Crippen LogP contribution in [0.15, 0.2) is 21.4 Å². The van der Waals surface area contributed by atoms with Crippen LogP contribution >= 0.6 is 23.2 Å². The minimum atomic E-state index is -3.67. The van der Waals surface area contributed by atoms with E-state index in [0.29, 0.717) is 10.7 Å². The highest BCUT2D eigenvalue weighted by molar-refractivity contribution is 7.90. The second kappa shape index (κ2) is 3.12. The van der Waals surface area contributed by atoms with Gasteiger partial charge in [-0.3, -0.25) is 0 Å². The van der Waals surface area contributed by atoms with Crippen LogP contribution in [0.4, 0.5) is 5.69 Å². The van der Waals surface area contributed by atoms with Crippen molar-refractivity contribution in [3.05, 3.63) is 22.2 Å². The molecule has 1 N–H and O–H groups in total. The maximum atomic E-state index is 11.4. The number of nitrogens with zero attached hydrogens (tertiary/aromatic N) is 1. The molecule has 0 aromatic heterocycles. The van der Waals surface area contributed by atoms with Gasteiger partial charge in [-0.2, -0.15) is 8.42 Å². The quantitative estimate of drug-likeness (QED) is 0.768. The number of rotatable bonds is 0. The summed E-state index contributed by atoms with van der Waals surface area (Å²) in [4.78, 5) is -0.0360. The summed E-state index contributed by atoms with van der Waals surface area (Å²) in [6.07, 6.45) is 1.09. The number of halogens is 2. The van der Waals surface area contributed by atoms with Crippen molar-refractivity contribution < 1.29 is 8.42 Å².